The van der Waals surface area contributed by atoms with Crippen molar-refractivity contribution in [1.29, 1.82) is 0 Å². The van der Waals surface area contributed by atoms with Gasteiger partial charge in [-0.05, 0) is 62.5 Å². The molecule has 0 bridgehead atoms. The molecule has 0 fully saturated rings. The van der Waals surface area contributed by atoms with E-state index < -0.39 is 5.24 Å². The summed E-state index contributed by atoms with van der Waals surface area (Å²) >= 11 is 12.0. The molecular weight excluding hydrogens is 335 g/mol. The van der Waals surface area contributed by atoms with Crippen molar-refractivity contribution < 1.29 is 9.53 Å². The van der Waals surface area contributed by atoms with E-state index in [0.717, 1.165) is 4.47 Å². The summed E-state index contributed by atoms with van der Waals surface area (Å²) in [5.74, 6) is 0.596. The fourth-order valence-corrected chi connectivity index (χ4v) is 2.58. The first-order valence-corrected chi connectivity index (χ1v) is 5.85. The van der Waals surface area contributed by atoms with Crippen LogP contribution in [0.3, 0.4) is 0 Å². The molecule has 0 atom stereocenters. The molecule has 0 aliphatic rings. The number of carbonyl (C=O) groups is 1. The smallest absolute Gasteiger partial charge is 0.253 e. The zero-order valence-corrected chi connectivity index (χ0v) is 11.2. The summed E-state index contributed by atoms with van der Waals surface area (Å²) < 4.78 is 6.72. The third-order valence-corrected chi connectivity index (χ3v) is 3.16. The van der Waals surface area contributed by atoms with Gasteiger partial charge in [-0.25, -0.2) is 0 Å². The fraction of sp³-hybridized carbons (Fsp3) is 0.222. The second kappa shape index (κ2) is 5.14. The van der Waals surface area contributed by atoms with Crippen molar-refractivity contribution >= 4 is 48.7 Å². The molecule has 5 heteroatoms. The van der Waals surface area contributed by atoms with Crippen LogP contribution < -0.4 is 4.74 Å². The van der Waals surface area contributed by atoms with E-state index in [0.29, 0.717) is 22.4 Å². The normalized spacial score (nSPS) is 10.0. The van der Waals surface area contributed by atoms with Crippen molar-refractivity contribution in [3.63, 3.8) is 0 Å². The first-order valence-electron chi connectivity index (χ1n) is 3.88. The van der Waals surface area contributed by atoms with Crippen LogP contribution in [0.5, 0.6) is 5.75 Å². The molecule has 1 rings (SSSR count). The monoisotopic (exact) mass is 340 g/mol. The molecule has 1 aromatic carbocycles. The van der Waals surface area contributed by atoms with Gasteiger partial charge in [0.15, 0.2) is 0 Å². The van der Waals surface area contributed by atoms with E-state index in [9.17, 15) is 4.79 Å². The lowest BCUT2D eigenvalue weighted by Crippen LogP contribution is -1.98. The summed E-state index contributed by atoms with van der Waals surface area (Å²) in [6.07, 6.45) is 0. The minimum absolute atomic E-state index is 0.401. The van der Waals surface area contributed by atoms with Crippen LogP contribution in [0.25, 0.3) is 0 Å². The first kappa shape index (κ1) is 12.0. The van der Waals surface area contributed by atoms with Crippen molar-refractivity contribution in [1.82, 2.24) is 0 Å². The number of halogens is 3. The molecule has 0 aliphatic heterocycles. The van der Waals surface area contributed by atoms with E-state index in [1.165, 1.54) is 0 Å². The summed E-state index contributed by atoms with van der Waals surface area (Å²) in [5.41, 5.74) is 0.401. The molecule has 0 spiro atoms. The Morgan fingerprint density at radius 2 is 2.14 bits per heavy atom. The van der Waals surface area contributed by atoms with Crippen LogP contribution in [-0.4, -0.2) is 11.8 Å². The molecule has 2 nitrogen and oxygen atoms in total. The number of ether oxygens (including phenoxy) is 1. The van der Waals surface area contributed by atoms with E-state index in [2.05, 4.69) is 31.9 Å². The summed E-state index contributed by atoms with van der Waals surface area (Å²) in [5, 5.41) is -0.509. The van der Waals surface area contributed by atoms with E-state index in [4.69, 9.17) is 16.3 Å². The number of hydrogen-bond acceptors (Lipinski definition) is 2. The van der Waals surface area contributed by atoms with Gasteiger partial charge in [-0.15, -0.1) is 0 Å². The molecule has 1 aromatic rings. The van der Waals surface area contributed by atoms with Gasteiger partial charge < -0.3 is 4.74 Å². The van der Waals surface area contributed by atoms with Gasteiger partial charge in [-0.2, -0.15) is 0 Å². The van der Waals surface area contributed by atoms with Crippen LogP contribution in [0.4, 0.5) is 0 Å². The van der Waals surface area contributed by atoms with Crippen molar-refractivity contribution in [2.75, 3.05) is 6.61 Å². The van der Waals surface area contributed by atoms with E-state index in [-0.39, 0.29) is 0 Å². The molecule has 0 radical (unpaired) electrons. The Balaban J connectivity index is 3.26. The van der Waals surface area contributed by atoms with Crippen molar-refractivity contribution in [2.45, 2.75) is 6.92 Å². The molecule has 0 saturated heterocycles. The molecule has 0 N–H and O–H groups in total. The highest BCUT2D eigenvalue weighted by Gasteiger charge is 2.14. The topological polar surface area (TPSA) is 26.3 Å². The Bertz CT molecular complexity index is 366. The Labute approximate surface area is 104 Å². The van der Waals surface area contributed by atoms with Crippen LogP contribution in [0.2, 0.25) is 0 Å². The van der Waals surface area contributed by atoms with Crippen molar-refractivity contribution in [2.24, 2.45) is 0 Å². The Kier molecular flexibility index (Phi) is 4.41. The van der Waals surface area contributed by atoms with Crippen molar-refractivity contribution in [3.8, 4) is 5.75 Å². The maximum Gasteiger partial charge on any atom is 0.253 e. The largest absolute Gasteiger partial charge is 0.491 e. The quantitative estimate of drug-likeness (QED) is 0.777. The van der Waals surface area contributed by atoms with Gasteiger partial charge in [0, 0.05) is 0 Å². The maximum atomic E-state index is 11.0. The van der Waals surface area contributed by atoms with E-state index in [1.807, 2.05) is 6.92 Å². The molecule has 0 heterocycles. The number of benzene rings is 1. The van der Waals surface area contributed by atoms with Gasteiger partial charge in [0.1, 0.15) is 5.75 Å². The minimum Gasteiger partial charge on any atom is -0.491 e. The lowest BCUT2D eigenvalue weighted by Gasteiger charge is -2.09. The zero-order chi connectivity index (χ0) is 10.7. The minimum atomic E-state index is -0.509. The average molecular weight is 342 g/mol. The van der Waals surface area contributed by atoms with Crippen LogP contribution in [0.1, 0.15) is 17.3 Å². The molecular formula is C9H7Br2ClO2. The summed E-state index contributed by atoms with van der Waals surface area (Å²) in [6, 6.07) is 3.36. The van der Waals surface area contributed by atoms with Gasteiger partial charge in [-0.1, -0.05) is 0 Å². The summed E-state index contributed by atoms with van der Waals surface area (Å²) in [4.78, 5) is 11.0. The Morgan fingerprint density at radius 3 is 2.64 bits per heavy atom. The number of carbonyl (C=O) groups excluding carboxylic acids is 1. The van der Waals surface area contributed by atoms with Crippen LogP contribution >= 0.6 is 43.5 Å². The molecule has 0 aliphatic carbocycles. The van der Waals surface area contributed by atoms with Crippen LogP contribution in [-0.2, 0) is 0 Å². The Hall–Kier alpha value is -0.0600. The molecule has 76 valence electrons. The highest BCUT2D eigenvalue weighted by molar-refractivity contribution is 9.11. The molecule has 0 saturated carbocycles. The highest BCUT2D eigenvalue weighted by Crippen LogP contribution is 2.36. The van der Waals surface area contributed by atoms with Gasteiger partial charge in [0.2, 0.25) is 0 Å². The second-order valence-electron chi connectivity index (χ2n) is 2.44. The predicted octanol–water partition coefficient (Wildman–Crippen LogP) is 3.99. The lowest BCUT2D eigenvalue weighted by atomic mass is 10.2. The van der Waals surface area contributed by atoms with Crippen molar-refractivity contribution in [3.05, 3.63) is 26.6 Å². The second-order valence-corrected chi connectivity index (χ2v) is 4.44. The lowest BCUT2D eigenvalue weighted by molar-refractivity contribution is 0.108. The third kappa shape index (κ3) is 2.49. The summed E-state index contributed by atoms with van der Waals surface area (Å²) in [6.45, 7) is 2.39. The average Bonchev–Trinajstić information content (AvgIpc) is 2.11. The van der Waals surface area contributed by atoms with E-state index in [1.54, 1.807) is 12.1 Å². The van der Waals surface area contributed by atoms with Gasteiger partial charge >= 0.3 is 0 Å². The zero-order valence-electron chi connectivity index (χ0n) is 7.31. The number of hydrogen-bond donors (Lipinski definition) is 0. The fourth-order valence-electron chi connectivity index (χ4n) is 0.961. The third-order valence-electron chi connectivity index (χ3n) is 1.55. The standard InChI is InChI=1S/C9H7Br2ClO2/c1-2-14-8-6(10)4-3-5(7(8)11)9(12)13/h3-4H,2H2,1H3. The summed E-state index contributed by atoms with van der Waals surface area (Å²) in [7, 11) is 0. The molecule has 14 heavy (non-hydrogen) atoms. The molecule has 0 amide bonds. The molecule has 0 aromatic heterocycles. The predicted molar refractivity (Wildman–Crippen MR) is 63.2 cm³/mol. The SMILES string of the molecule is CCOc1c(Br)ccc(C(=O)Cl)c1Br. The number of rotatable bonds is 3. The highest BCUT2D eigenvalue weighted by atomic mass is 79.9. The maximum absolute atomic E-state index is 11.0. The van der Waals surface area contributed by atoms with Gasteiger partial charge in [-0.3, -0.25) is 4.79 Å². The Morgan fingerprint density at radius 1 is 1.50 bits per heavy atom. The molecule has 0 unspecified atom stereocenters. The van der Waals surface area contributed by atoms with Crippen LogP contribution in [0, 0.1) is 0 Å². The van der Waals surface area contributed by atoms with Gasteiger partial charge in [0.05, 0.1) is 21.1 Å². The van der Waals surface area contributed by atoms with E-state index >= 15 is 0 Å². The van der Waals surface area contributed by atoms with Gasteiger partial charge in [0.25, 0.3) is 5.24 Å². The van der Waals surface area contributed by atoms with Crippen LogP contribution in [0.15, 0.2) is 21.1 Å². The first-order chi connectivity index (χ1) is 6.57.